The fraction of sp³-hybridized carbons (Fsp3) is 0.200. The predicted octanol–water partition coefficient (Wildman–Crippen LogP) is 3.74. The Hall–Kier alpha value is -3.64. The van der Waals surface area contributed by atoms with Crippen molar-refractivity contribution >= 4 is 28.5 Å². The summed E-state index contributed by atoms with van der Waals surface area (Å²) in [6.07, 6.45) is 1.64. The van der Waals surface area contributed by atoms with Gasteiger partial charge in [0.1, 0.15) is 0 Å². The van der Waals surface area contributed by atoms with Crippen LogP contribution in [0.15, 0.2) is 73.4 Å². The Morgan fingerprint density at radius 3 is 2.32 bits per heavy atom. The maximum Gasteiger partial charge on any atom is 0.269 e. The molecule has 1 aliphatic heterocycles. The van der Waals surface area contributed by atoms with E-state index < -0.39 is 5.91 Å². The zero-order valence-corrected chi connectivity index (χ0v) is 17.7. The minimum Gasteiger partial charge on any atom is -0.369 e. The summed E-state index contributed by atoms with van der Waals surface area (Å²) in [6, 6.07) is 20.0. The Morgan fingerprint density at radius 1 is 1.00 bits per heavy atom. The number of likely N-dealkylation sites (N-methyl/N-ethyl adjacent to an activating group) is 1. The molecular weight excluding hydrogens is 386 g/mol. The highest BCUT2D eigenvalue weighted by Crippen LogP contribution is 2.28. The number of nitrogens with zero attached hydrogens (tertiary/aromatic N) is 3. The molecule has 0 spiro atoms. The summed E-state index contributed by atoms with van der Waals surface area (Å²) in [5.41, 5.74) is 11.0. The normalized spacial score (nSPS) is 14.3. The Labute approximate surface area is 183 Å². The van der Waals surface area contributed by atoms with Gasteiger partial charge in [0, 0.05) is 49.3 Å². The lowest BCUT2D eigenvalue weighted by Gasteiger charge is -2.34. The summed E-state index contributed by atoms with van der Waals surface area (Å²) < 4.78 is 0. The van der Waals surface area contributed by atoms with Gasteiger partial charge in [0.05, 0.1) is 5.69 Å². The molecule has 0 atom stereocenters. The highest BCUT2D eigenvalue weighted by Gasteiger charge is 2.15. The number of aromatic nitrogens is 1. The Bertz CT molecular complexity index is 1070. The van der Waals surface area contributed by atoms with Crippen LogP contribution >= 0.6 is 0 Å². The highest BCUT2D eigenvalue weighted by molar-refractivity contribution is 5.98. The summed E-state index contributed by atoms with van der Waals surface area (Å²) in [5, 5.41) is 3.31. The predicted molar refractivity (Wildman–Crippen MR) is 127 cm³/mol. The van der Waals surface area contributed by atoms with Crippen molar-refractivity contribution in [3.8, 4) is 0 Å². The first-order valence-electron chi connectivity index (χ1n) is 10.4. The monoisotopic (exact) mass is 413 g/mol. The summed E-state index contributed by atoms with van der Waals surface area (Å²) >= 11 is 0. The van der Waals surface area contributed by atoms with Crippen LogP contribution in [-0.2, 0) is 0 Å². The molecule has 1 fully saturated rings. The maximum absolute atomic E-state index is 11.9. The number of piperazine rings is 1. The van der Waals surface area contributed by atoms with Gasteiger partial charge in [0.25, 0.3) is 5.91 Å². The summed E-state index contributed by atoms with van der Waals surface area (Å²) in [7, 11) is 2.15. The number of anilines is 3. The molecular formula is C25H27N5O. The van der Waals surface area contributed by atoms with Crippen LogP contribution in [0.3, 0.4) is 0 Å². The van der Waals surface area contributed by atoms with Gasteiger partial charge >= 0.3 is 0 Å². The number of hydrogen-bond donors (Lipinski definition) is 2. The zero-order chi connectivity index (χ0) is 21.8. The SMILES string of the molecule is C=C(c1ccccc1)c1cnc(C(N)=O)c(Nc2ccc(N3CCN(C)CC3)cc2)c1. The molecule has 1 saturated heterocycles. The number of rotatable bonds is 6. The van der Waals surface area contributed by atoms with E-state index in [1.165, 1.54) is 5.69 Å². The smallest absolute Gasteiger partial charge is 0.269 e. The van der Waals surface area contributed by atoms with E-state index in [0.29, 0.717) is 5.69 Å². The number of carbonyl (C=O) groups excluding carboxylic acids is 1. The van der Waals surface area contributed by atoms with E-state index in [1.54, 1.807) is 6.20 Å². The molecule has 6 heteroatoms. The molecule has 31 heavy (non-hydrogen) atoms. The number of amides is 1. The first-order valence-corrected chi connectivity index (χ1v) is 10.4. The van der Waals surface area contributed by atoms with Gasteiger partial charge in [-0.1, -0.05) is 36.9 Å². The molecule has 158 valence electrons. The summed E-state index contributed by atoms with van der Waals surface area (Å²) in [5.74, 6) is -0.576. The van der Waals surface area contributed by atoms with Crippen LogP contribution in [0.2, 0.25) is 0 Å². The van der Waals surface area contributed by atoms with Gasteiger partial charge in [-0.25, -0.2) is 4.98 Å². The Morgan fingerprint density at radius 2 is 1.68 bits per heavy atom. The molecule has 1 aliphatic rings. The van der Waals surface area contributed by atoms with Crippen molar-refractivity contribution in [2.24, 2.45) is 5.73 Å². The lowest BCUT2D eigenvalue weighted by Crippen LogP contribution is -2.44. The second-order valence-electron chi connectivity index (χ2n) is 7.79. The summed E-state index contributed by atoms with van der Waals surface area (Å²) in [4.78, 5) is 21.0. The van der Waals surface area contributed by atoms with Crippen LogP contribution in [0.5, 0.6) is 0 Å². The molecule has 4 rings (SSSR count). The van der Waals surface area contributed by atoms with Crippen molar-refractivity contribution in [3.63, 3.8) is 0 Å². The number of pyridine rings is 1. The second kappa shape index (κ2) is 9.02. The lowest BCUT2D eigenvalue weighted by molar-refractivity contribution is 0.0996. The lowest BCUT2D eigenvalue weighted by atomic mass is 10.0. The Balaban J connectivity index is 1.56. The van der Waals surface area contributed by atoms with Gasteiger partial charge in [0.15, 0.2) is 5.69 Å². The molecule has 3 aromatic rings. The van der Waals surface area contributed by atoms with Crippen molar-refractivity contribution in [2.75, 3.05) is 43.4 Å². The van der Waals surface area contributed by atoms with E-state index in [1.807, 2.05) is 48.5 Å². The summed E-state index contributed by atoms with van der Waals surface area (Å²) in [6.45, 7) is 8.35. The molecule has 3 N–H and O–H groups in total. The molecule has 6 nitrogen and oxygen atoms in total. The number of benzene rings is 2. The molecule has 0 radical (unpaired) electrons. The van der Waals surface area contributed by atoms with Gasteiger partial charge in [-0.2, -0.15) is 0 Å². The van der Waals surface area contributed by atoms with E-state index in [0.717, 1.165) is 48.6 Å². The highest BCUT2D eigenvalue weighted by atomic mass is 16.1. The van der Waals surface area contributed by atoms with Crippen LogP contribution < -0.4 is 16.0 Å². The van der Waals surface area contributed by atoms with Crippen LogP contribution in [0.25, 0.3) is 5.57 Å². The molecule has 1 amide bonds. The quantitative estimate of drug-likeness (QED) is 0.644. The molecule has 0 aliphatic carbocycles. The topological polar surface area (TPSA) is 74.5 Å². The van der Waals surface area contributed by atoms with Gasteiger partial charge in [-0.05, 0) is 48.5 Å². The van der Waals surface area contributed by atoms with Gasteiger partial charge < -0.3 is 20.9 Å². The number of hydrogen-bond acceptors (Lipinski definition) is 5. The Kier molecular flexibility index (Phi) is 6.00. The molecule has 0 unspecified atom stereocenters. The van der Waals surface area contributed by atoms with Crippen LogP contribution in [-0.4, -0.2) is 49.0 Å². The van der Waals surface area contributed by atoms with Crippen molar-refractivity contribution in [3.05, 3.63) is 90.3 Å². The van der Waals surface area contributed by atoms with Crippen molar-refractivity contribution < 1.29 is 4.79 Å². The second-order valence-corrected chi connectivity index (χ2v) is 7.79. The third-order valence-corrected chi connectivity index (χ3v) is 5.61. The van der Waals surface area contributed by atoms with Crippen LogP contribution in [0.1, 0.15) is 21.6 Å². The average Bonchev–Trinajstić information content (AvgIpc) is 2.80. The first kappa shape index (κ1) is 20.6. The minimum atomic E-state index is -0.576. The number of primary amides is 1. The zero-order valence-electron chi connectivity index (χ0n) is 17.7. The molecule has 2 heterocycles. The standard InChI is InChI=1S/C25H27N5O/c1-18(19-6-4-3-5-7-19)20-16-23(24(25(26)31)27-17-20)28-21-8-10-22(11-9-21)30-14-12-29(2)13-15-30/h3-11,16-17,28H,1,12-15H2,2H3,(H2,26,31). The number of nitrogens with two attached hydrogens (primary N) is 1. The molecule has 1 aromatic heterocycles. The average molecular weight is 414 g/mol. The number of carbonyl (C=O) groups is 1. The van der Waals surface area contributed by atoms with Crippen LogP contribution in [0.4, 0.5) is 17.1 Å². The molecule has 0 saturated carbocycles. The first-order chi connectivity index (χ1) is 15.0. The maximum atomic E-state index is 11.9. The molecule has 0 bridgehead atoms. The van der Waals surface area contributed by atoms with Gasteiger partial charge in [0.2, 0.25) is 0 Å². The van der Waals surface area contributed by atoms with Crippen molar-refractivity contribution in [1.82, 2.24) is 9.88 Å². The van der Waals surface area contributed by atoms with E-state index in [4.69, 9.17) is 5.73 Å². The fourth-order valence-electron chi connectivity index (χ4n) is 3.70. The van der Waals surface area contributed by atoms with Crippen LogP contribution in [0, 0.1) is 0 Å². The third kappa shape index (κ3) is 4.75. The van der Waals surface area contributed by atoms with Crippen molar-refractivity contribution in [1.29, 1.82) is 0 Å². The van der Waals surface area contributed by atoms with E-state index in [-0.39, 0.29) is 5.69 Å². The number of nitrogens with one attached hydrogen (secondary N) is 1. The largest absolute Gasteiger partial charge is 0.369 e. The third-order valence-electron chi connectivity index (χ3n) is 5.61. The van der Waals surface area contributed by atoms with E-state index >= 15 is 0 Å². The van der Waals surface area contributed by atoms with Crippen molar-refractivity contribution in [2.45, 2.75) is 0 Å². The van der Waals surface area contributed by atoms with E-state index in [9.17, 15) is 4.79 Å². The molecule has 2 aromatic carbocycles. The van der Waals surface area contributed by atoms with Gasteiger partial charge in [-0.15, -0.1) is 0 Å². The fourth-order valence-corrected chi connectivity index (χ4v) is 3.70. The van der Waals surface area contributed by atoms with E-state index in [2.05, 4.69) is 45.9 Å². The minimum absolute atomic E-state index is 0.202. The van der Waals surface area contributed by atoms with Gasteiger partial charge in [-0.3, -0.25) is 4.79 Å².